The topological polar surface area (TPSA) is 115 Å². The SMILES string of the molecule is CCOC(=O)c1sc(N(Cc2ccccc2)C(=O)COC(=O)c2cc(OC)ccc2O)nc1C. The predicted octanol–water partition coefficient (Wildman–Crippen LogP) is 3.73. The molecule has 1 heterocycles. The fourth-order valence-corrected chi connectivity index (χ4v) is 3.98. The van der Waals surface area contributed by atoms with E-state index in [1.54, 1.807) is 13.8 Å². The summed E-state index contributed by atoms with van der Waals surface area (Å²) in [4.78, 5) is 43.9. The molecule has 178 valence electrons. The number of phenols is 1. The lowest BCUT2D eigenvalue weighted by atomic mass is 10.2. The van der Waals surface area contributed by atoms with Crippen LogP contribution in [0.2, 0.25) is 0 Å². The summed E-state index contributed by atoms with van der Waals surface area (Å²) in [7, 11) is 1.42. The third kappa shape index (κ3) is 5.90. The lowest BCUT2D eigenvalue weighted by Gasteiger charge is -2.20. The largest absolute Gasteiger partial charge is 0.507 e. The Morgan fingerprint density at radius 2 is 1.79 bits per heavy atom. The minimum absolute atomic E-state index is 0.128. The number of rotatable bonds is 9. The lowest BCUT2D eigenvalue weighted by molar-refractivity contribution is -0.121. The van der Waals surface area contributed by atoms with Crippen LogP contribution >= 0.6 is 11.3 Å². The molecular formula is C24H24N2O7S. The van der Waals surface area contributed by atoms with Crippen molar-refractivity contribution >= 4 is 34.3 Å². The highest BCUT2D eigenvalue weighted by atomic mass is 32.1. The number of thiazole rings is 1. The van der Waals surface area contributed by atoms with Gasteiger partial charge in [0, 0.05) is 0 Å². The zero-order valence-corrected chi connectivity index (χ0v) is 19.8. The van der Waals surface area contributed by atoms with Crippen LogP contribution in [-0.2, 0) is 20.8 Å². The summed E-state index contributed by atoms with van der Waals surface area (Å²) in [5, 5.41) is 10.2. The molecule has 0 atom stereocenters. The van der Waals surface area contributed by atoms with E-state index in [4.69, 9.17) is 14.2 Å². The van der Waals surface area contributed by atoms with Crippen LogP contribution in [0.4, 0.5) is 5.13 Å². The van der Waals surface area contributed by atoms with Gasteiger partial charge < -0.3 is 19.3 Å². The molecule has 1 N–H and O–H groups in total. The highest BCUT2D eigenvalue weighted by Gasteiger charge is 2.25. The normalized spacial score (nSPS) is 10.4. The molecule has 0 saturated carbocycles. The van der Waals surface area contributed by atoms with Crippen molar-refractivity contribution in [3.63, 3.8) is 0 Å². The summed E-state index contributed by atoms with van der Waals surface area (Å²) >= 11 is 1.02. The molecule has 34 heavy (non-hydrogen) atoms. The lowest BCUT2D eigenvalue weighted by Crippen LogP contribution is -2.34. The quantitative estimate of drug-likeness (QED) is 0.457. The van der Waals surface area contributed by atoms with Crippen LogP contribution < -0.4 is 9.64 Å². The zero-order chi connectivity index (χ0) is 24.7. The maximum absolute atomic E-state index is 13.1. The Hall–Kier alpha value is -3.92. The Morgan fingerprint density at radius 3 is 2.47 bits per heavy atom. The number of anilines is 1. The number of aromatic hydroxyl groups is 1. The number of benzene rings is 2. The van der Waals surface area contributed by atoms with Gasteiger partial charge in [0.05, 0.1) is 26.0 Å². The van der Waals surface area contributed by atoms with Crippen LogP contribution in [0.25, 0.3) is 0 Å². The molecule has 0 aliphatic heterocycles. The number of aryl methyl sites for hydroxylation is 1. The smallest absolute Gasteiger partial charge is 0.350 e. The van der Waals surface area contributed by atoms with Gasteiger partial charge in [0.25, 0.3) is 5.91 Å². The summed E-state index contributed by atoms with van der Waals surface area (Å²) in [6.45, 7) is 3.12. The molecule has 0 bridgehead atoms. The Kier molecular flexibility index (Phi) is 8.20. The molecule has 3 rings (SSSR count). The van der Waals surface area contributed by atoms with Gasteiger partial charge in [0.2, 0.25) is 0 Å². The average molecular weight is 485 g/mol. The number of hydrogen-bond acceptors (Lipinski definition) is 9. The van der Waals surface area contributed by atoms with Gasteiger partial charge >= 0.3 is 11.9 Å². The first-order valence-electron chi connectivity index (χ1n) is 10.4. The molecule has 0 radical (unpaired) electrons. The van der Waals surface area contributed by atoms with Gasteiger partial charge in [-0.15, -0.1) is 0 Å². The van der Waals surface area contributed by atoms with Crippen LogP contribution in [0.15, 0.2) is 48.5 Å². The van der Waals surface area contributed by atoms with E-state index in [0.717, 1.165) is 16.9 Å². The maximum Gasteiger partial charge on any atom is 0.350 e. The molecule has 0 aliphatic carbocycles. The van der Waals surface area contributed by atoms with Crippen LogP contribution in [-0.4, -0.2) is 48.3 Å². The average Bonchev–Trinajstić information content (AvgIpc) is 3.23. The number of carbonyl (C=O) groups is 3. The molecule has 0 saturated heterocycles. The first-order valence-corrected chi connectivity index (χ1v) is 11.2. The van der Waals surface area contributed by atoms with E-state index in [-0.39, 0.29) is 29.6 Å². The second-order valence-corrected chi connectivity index (χ2v) is 8.03. The van der Waals surface area contributed by atoms with E-state index in [1.807, 2.05) is 30.3 Å². The maximum atomic E-state index is 13.1. The molecular weight excluding hydrogens is 460 g/mol. The standard InChI is InChI=1S/C24H24N2O7S/c1-4-32-23(30)21-15(2)25-24(34-21)26(13-16-8-6-5-7-9-16)20(28)14-33-22(29)18-12-17(31-3)10-11-19(18)27/h5-12,27H,4,13-14H2,1-3H3. The molecule has 9 nitrogen and oxygen atoms in total. The van der Waals surface area contributed by atoms with Crippen molar-refractivity contribution in [2.45, 2.75) is 20.4 Å². The van der Waals surface area contributed by atoms with Crippen LogP contribution in [0.5, 0.6) is 11.5 Å². The molecule has 0 unspecified atom stereocenters. The molecule has 3 aromatic rings. The molecule has 1 aromatic heterocycles. The number of carbonyl (C=O) groups excluding carboxylic acids is 3. The summed E-state index contributed by atoms with van der Waals surface area (Å²) in [5.41, 5.74) is 1.12. The van der Waals surface area contributed by atoms with Gasteiger partial charge in [-0.3, -0.25) is 9.69 Å². The Bertz CT molecular complexity index is 1180. The van der Waals surface area contributed by atoms with Crippen molar-refractivity contribution in [2.75, 3.05) is 25.2 Å². The van der Waals surface area contributed by atoms with Crippen molar-refractivity contribution in [3.05, 3.63) is 70.2 Å². The predicted molar refractivity (Wildman–Crippen MR) is 125 cm³/mol. The summed E-state index contributed by atoms with van der Waals surface area (Å²) in [6.07, 6.45) is 0. The van der Waals surface area contributed by atoms with E-state index in [0.29, 0.717) is 16.3 Å². The first kappa shape index (κ1) is 24.7. The number of amides is 1. The Morgan fingerprint density at radius 1 is 1.06 bits per heavy atom. The highest BCUT2D eigenvalue weighted by molar-refractivity contribution is 7.17. The zero-order valence-electron chi connectivity index (χ0n) is 18.9. The molecule has 0 spiro atoms. The van der Waals surface area contributed by atoms with Crippen molar-refractivity contribution in [1.82, 2.24) is 4.98 Å². The first-order chi connectivity index (χ1) is 16.3. The summed E-state index contributed by atoms with van der Waals surface area (Å²) in [6, 6.07) is 13.3. The minimum atomic E-state index is -0.882. The van der Waals surface area contributed by atoms with Gasteiger partial charge in [0.15, 0.2) is 11.7 Å². The fraction of sp³-hybridized carbons (Fsp3) is 0.250. The van der Waals surface area contributed by atoms with Crippen LogP contribution in [0, 0.1) is 6.92 Å². The Labute approximate surface area is 200 Å². The van der Waals surface area contributed by atoms with Crippen LogP contribution in [0.1, 0.15) is 38.2 Å². The van der Waals surface area contributed by atoms with Gasteiger partial charge in [-0.05, 0) is 37.6 Å². The van der Waals surface area contributed by atoms with E-state index >= 15 is 0 Å². The van der Waals surface area contributed by atoms with Crippen LogP contribution in [0.3, 0.4) is 0 Å². The number of hydrogen-bond donors (Lipinski definition) is 1. The molecule has 10 heteroatoms. The number of esters is 2. The van der Waals surface area contributed by atoms with Gasteiger partial charge in [-0.1, -0.05) is 41.7 Å². The number of aromatic nitrogens is 1. The molecule has 2 aromatic carbocycles. The molecule has 0 aliphatic rings. The molecule has 1 amide bonds. The number of nitrogens with zero attached hydrogens (tertiary/aromatic N) is 2. The third-order valence-corrected chi connectivity index (χ3v) is 5.87. The number of phenolic OH excluding ortho intramolecular Hbond substituents is 1. The Balaban J connectivity index is 1.82. The summed E-state index contributed by atoms with van der Waals surface area (Å²) < 4.78 is 15.3. The summed E-state index contributed by atoms with van der Waals surface area (Å²) in [5.74, 6) is -1.90. The monoisotopic (exact) mass is 484 g/mol. The van der Waals surface area contributed by atoms with E-state index in [1.165, 1.54) is 30.2 Å². The third-order valence-electron chi connectivity index (χ3n) is 4.71. The van der Waals surface area contributed by atoms with E-state index in [9.17, 15) is 19.5 Å². The van der Waals surface area contributed by atoms with Crippen molar-refractivity contribution < 1.29 is 33.7 Å². The highest BCUT2D eigenvalue weighted by Crippen LogP contribution is 2.29. The van der Waals surface area contributed by atoms with Crippen molar-refractivity contribution in [1.29, 1.82) is 0 Å². The van der Waals surface area contributed by atoms with Gasteiger partial charge in [-0.2, -0.15) is 0 Å². The van der Waals surface area contributed by atoms with Crippen molar-refractivity contribution in [3.8, 4) is 11.5 Å². The number of methoxy groups -OCH3 is 1. The van der Waals surface area contributed by atoms with Gasteiger partial charge in [0.1, 0.15) is 21.9 Å². The fourth-order valence-electron chi connectivity index (χ4n) is 3.00. The minimum Gasteiger partial charge on any atom is -0.507 e. The van der Waals surface area contributed by atoms with Gasteiger partial charge in [-0.25, -0.2) is 14.6 Å². The molecule has 0 fully saturated rings. The second-order valence-electron chi connectivity index (χ2n) is 7.06. The second kappa shape index (κ2) is 11.3. The number of ether oxygens (including phenoxy) is 3. The van der Waals surface area contributed by atoms with E-state index in [2.05, 4.69) is 4.98 Å². The van der Waals surface area contributed by atoms with Crippen molar-refractivity contribution in [2.24, 2.45) is 0 Å². The van der Waals surface area contributed by atoms with E-state index < -0.39 is 24.5 Å².